The van der Waals surface area contributed by atoms with Crippen LogP contribution in [0.15, 0.2) is 47.4 Å². The van der Waals surface area contributed by atoms with Crippen LogP contribution in [-0.2, 0) is 19.4 Å². The molecule has 2 heterocycles. The Kier molecular flexibility index (Phi) is 7.73. The molecule has 2 aromatic heterocycles. The molecule has 38 heavy (non-hydrogen) atoms. The van der Waals surface area contributed by atoms with Gasteiger partial charge in [-0.2, -0.15) is 0 Å². The first kappa shape index (κ1) is 26.6. The number of hydrogen-bond acceptors (Lipinski definition) is 8. The van der Waals surface area contributed by atoms with E-state index in [2.05, 4.69) is 15.3 Å². The number of nitrogens with one attached hydrogen (secondary N) is 1. The first-order valence-corrected chi connectivity index (χ1v) is 14.7. The fourth-order valence-electron chi connectivity index (χ4n) is 4.37. The molecule has 0 bridgehead atoms. The maximum Gasteiger partial charge on any atom is 0.257 e. The lowest BCUT2D eigenvalue weighted by molar-refractivity contribution is -0.111. The molecule has 1 N–H and O–H groups in total. The number of ether oxygens (including phenoxy) is 2. The van der Waals surface area contributed by atoms with Gasteiger partial charge in [-0.3, -0.25) is 10.1 Å². The van der Waals surface area contributed by atoms with Crippen molar-refractivity contribution >= 4 is 48.1 Å². The number of anilines is 1. The van der Waals surface area contributed by atoms with Crippen LogP contribution in [0.5, 0.6) is 5.88 Å². The number of carbonyl (C=O) groups is 1. The van der Waals surface area contributed by atoms with Crippen LogP contribution >= 0.6 is 11.3 Å². The Hall–Kier alpha value is -2.96. The average Bonchev–Trinajstić information content (AvgIpc) is 3.61. The van der Waals surface area contributed by atoms with Crippen LogP contribution in [0.4, 0.5) is 13.9 Å². The largest absolute Gasteiger partial charge is 0.475 e. The summed E-state index contributed by atoms with van der Waals surface area (Å²) in [6.07, 6.45) is -0.354. The zero-order valence-corrected chi connectivity index (χ0v) is 22.2. The van der Waals surface area contributed by atoms with E-state index in [0.717, 1.165) is 11.3 Å². The summed E-state index contributed by atoms with van der Waals surface area (Å²) in [4.78, 5) is 23.0. The van der Waals surface area contributed by atoms with Crippen LogP contribution in [-0.4, -0.2) is 62.2 Å². The predicted octanol–water partition coefficient (Wildman–Crippen LogP) is 4.76. The lowest BCUT2D eigenvalue weighted by Gasteiger charge is -2.12. The number of thiazole rings is 1. The van der Waals surface area contributed by atoms with Gasteiger partial charge in [0.2, 0.25) is 5.88 Å². The SMILES string of the molecule is COCCOc1ccc2nc(NC(=O)/C(=C/[C@H]3C[C@@H](F)[C@@H](F)C3)c3ccc(S(=O)(=O)C4CC4)cc3)sc2n1. The van der Waals surface area contributed by atoms with Gasteiger partial charge in [0.15, 0.2) is 15.0 Å². The molecule has 202 valence electrons. The fourth-order valence-corrected chi connectivity index (χ4v) is 6.85. The predicted molar refractivity (Wildman–Crippen MR) is 141 cm³/mol. The van der Waals surface area contributed by atoms with E-state index in [1.165, 1.54) is 12.1 Å². The van der Waals surface area contributed by atoms with Crippen LogP contribution in [0, 0.1) is 5.92 Å². The van der Waals surface area contributed by atoms with Crippen molar-refractivity contribution in [2.75, 3.05) is 25.6 Å². The van der Waals surface area contributed by atoms with E-state index in [1.807, 2.05) is 0 Å². The van der Waals surface area contributed by atoms with Crippen molar-refractivity contribution in [3.63, 3.8) is 0 Å². The van der Waals surface area contributed by atoms with Crippen LogP contribution in [0.3, 0.4) is 0 Å². The minimum absolute atomic E-state index is 0.0248. The van der Waals surface area contributed by atoms with Crippen molar-refractivity contribution in [1.82, 2.24) is 9.97 Å². The Labute approximate surface area is 223 Å². The van der Waals surface area contributed by atoms with E-state index in [0.29, 0.717) is 53.0 Å². The number of fused-ring (bicyclic) bond motifs is 1. The van der Waals surface area contributed by atoms with E-state index in [1.54, 1.807) is 37.5 Å². The number of allylic oxidation sites excluding steroid dienone is 1. The molecule has 0 spiro atoms. The summed E-state index contributed by atoms with van der Waals surface area (Å²) >= 11 is 1.16. The lowest BCUT2D eigenvalue weighted by atomic mass is 9.98. The highest BCUT2D eigenvalue weighted by molar-refractivity contribution is 7.92. The van der Waals surface area contributed by atoms with Gasteiger partial charge in [0.05, 0.1) is 16.8 Å². The highest BCUT2D eigenvalue weighted by Crippen LogP contribution is 2.36. The maximum atomic E-state index is 13.9. The molecule has 0 aliphatic heterocycles. The monoisotopic (exact) mass is 563 g/mol. The number of benzene rings is 1. The van der Waals surface area contributed by atoms with Crippen molar-refractivity contribution in [2.45, 2.75) is 48.2 Å². The van der Waals surface area contributed by atoms with Crippen molar-refractivity contribution < 1.29 is 31.5 Å². The summed E-state index contributed by atoms with van der Waals surface area (Å²) in [6.45, 7) is 0.757. The molecule has 5 rings (SSSR count). The number of alkyl halides is 2. The van der Waals surface area contributed by atoms with Crippen molar-refractivity contribution in [3.05, 3.63) is 48.0 Å². The molecule has 0 radical (unpaired) electrons. The Morgan fingerprint density at radius 3 is 2.45 bits per heavy atom. The minimum atomic E-state index is -3.39. The summed E-state index contributed by atoms with van der Waals surface area (Å²) < 4.78 is 63.4. The smallest absolute Gasteiger partial charge is 0.257 e. The number of carbonyl (C=O) groups excluding carboxylic acids is 1. The number of halogens is 2. The minimum Gasteiger partial charge on any atom is -0.475 e. The Balaban J connectivity index is 1.39. The normalized spacial score (nSPS) is 22.1. The fraction of sp³-hybridized carbons (Fsp3) is 0.423. The number of rotatable bonds is 10. The van der Waals surface area contributed by atoms with Gasteiger partial charge in [0, 0.05) is 18.7 Å². The number of sulfone groups is 1. The van der Waals surface area contributed by atoms with Crippen LogP contribution in [0.2, 0.25) is 0 Å². The molecule has 2 fully saturated rings. The standard InChI is InChI=1S/C26H27F2N3O5S2/c1-35-10-11-36-23-9-8-22-25(30-23)37-26(29-22)31-24(32)19(12-15-13-20(27)21(28)14-15)16-2-4-17(5-3-16)38(33,34)18-6-7-18/h2-5,8-9,12,15,18,20-21H,6-7,10-11,13-14H2,1H3,(H,29,31,32)/b19-12+/t15-,20+,21-. The van der Waals surface area contributed by atoms with Crippen molar-refractivity contribution in [2.24, 2.45) is 5.92 Å². The third-order valence-corrected chi connectivity index (χ3v) is 9.70. The van der Waals surface area contributed by atoms with E-state index in [9.17, 15) is 22.0 Å². The van der Waals surface area contributed by atoms with E-state index in [-0.39, 0.29) is 28.6 Å². The van der Waals surface area contributed by atoms with E-state index < -0.39 is 34.0 Å². The van der Waals surface area contributed by atoms with E-state index >= 15 is 0 Å². The first-order chi connectivity index (χ1) is 18.2. The third-order valence-electron chi connectivity index (χ3n) is 6.54. The lowest BCUT2D eigenvalue weighted by Crippen LogP contribution is -2.15. The zero-order chi connectivity index (χ0) is 26.9. The topological polar surface area (TPSA) is 107 Å². The van der Waals surface area contributed by atoms with Gasteiger partial charge in [0.1, 0.15) is 29.3 Å². The Bertz CT molecular complexity index is 1450. The average molecular weight is 564 g/mol. The van der Waals surface area contributed by atoms with Gasteiger partial charge >= 0.3 is 0 Å². The van der Waals surface area contributed by atoms with Gasteiger partial charge in [-0.05, 0) is 55.4 Å². The molecule has 3 aromatic rings. The number of methoxy groups -OCH3 is 1. The number of pyridine rings is 1. The molecule has 12 heteroatoms. The maximum absolute atomic E-state index is 13.9. The summed E-state index contributed by atoms with van der Waals surface area (Å²) in [5, 5.41) is 2.70. The Morgan fingerprint density at radius 1 is 1.08 bits per heavy atom. The van der Waals surface area contributed by atoms with Gasteiger partial charge in [0.25, 0.3) is 5.91 Å². The highest BCUT2D eigenvalue weighted by Gasteiger charge is 2.37. The second-order valence-corrected chi connectivity index (χ2v) is 12.6. The van der Waals surface area contributed by atoms with Gasteiger partial charge < -0.3 is 9.47 Å². The van der Waals surface area contributed by atoms with Crippen LogP contribution < -0.4 is 10.1 Å². The molecule has 3 atom stereocenters. The quantitative estimate of drug-likeness (QED) is 0.280. The van der Waals surface area contributed by atoms with Crippen molar-refractivity contribution in [1.29, 1.82) is 0 Å². The molecule has 2 saturated carbocycles. The number of aromatic nitrogens is 2. The molecular formula is C26H27F2N3O5S2. The zero-order valence-electron chi connectivity index (χ0n) is 20.6. The van der Waals surface area contributed by atoms with Crippen molar-refractivity contribution in [3.8, 4) is 5.88 Å². The molecule has 2 aliphatic rings. The molecule has 1 amide bonds. The number of hydrogen-bond donors (Lipinski definition) is 1. The van der Waals surface area contributed by atoms with Gasteiger partial charge in [-0.1, -0.05) is 29.5 Å². The summed E-state index contributed by atoms with van der Waals surface area (Å²) in [5.41, 5.74) is 1.21. The van der Waals surface area contributed by atoms with Crippen LogP contribution in [0.1, 0.15) is 31.2 Å². The van der Waals surface area contributed by atoms with Crippen LogP contribution in [0.25, 0.3) is 15.9 Å². The summed E-state index contributed by atoms with van der Waals surface area (Å²) in [6, 6.07) is 9.46. The van der Waals surface area contributed by atoms with Gasteiger partial charge in [-0.15, -0.1) is 0 Å². The molecule has 1 aromatic carbocycles. The number of nitrogens with zero attached hydrogens (tertiary/aromatic N) is 2. The second kappa shape index (κ2) is 11.0. The van der Waals surface area contributed by atoms with Gasteiger partial charge in [-0.25, -0.2) is 27.2 Å². The first-order valence-electron chi connectivity index (χ1n) is 12.3. The molecular weight excluding hydrogens is 536 g/mol. The summed E-state index contributed by atoms with van der Waals surface area (Å²) in [7, 11) is -1.82. The number of amides is 1. The summed E-state index contributed by atoms with van der Waals surface area (Å²) in [5.74, 6) is -0.587. The highest BCUT2D eigenvalue weighted by atomic mass is 32.2. The van der Waals surface area contributed by atoms with E-state index in [4.69, 9.17) is 9.47 Å². The molecule has 0 saturated heterocycles. The molecule has 8 nitrogen and oxygen atoms in total. The molecule has 2 aliphatic carbocycles. The molecule has 0 unspecified atom stereocenters. The Morgan fingerprint density at radius 2 is 1.79 bits per heavy atom. The third kappa shape index (κ3) is 5.87. The second-order valence-electron chi connectivity index (χ2n) is 9.40.